The minimum atomic E-state index is -0.00477. The van der Waals surface area contributed by atoms with Crippen molar-refractivity contribution in [2.45, 2.75) is 6.42 Å². The van der Waals surface area contributed by atoms with Crippen molar-refractivity contribution in [1.82, 2.24) is 0 Å². The highest BCUT2D eigenvalue weighted by Gasteiger charge is 2.19. The molecule has 3 aromatic rings. The molecule has 5 rings (SSSR count). The van der Waals surface area contributed by atoms with Gasteiger partial charge in [-0.1, -0.05) is 48.5 Å². The number of carbonyl (C=O) groups excluding carboxylic acids is 1. The van der Waals surface area contributed by atoms with Gasteiger partial charge in [0, 0.05) is 5.56 Å². The maximum absolute atomic E-state index is 12.6. The van der Waals surface area contributed by atoms with Crippen molar-refractivity contribution < 1.29 is 14.3 Å². The Bertz CT molecular complexity index is 1060. The zero-order chi connectivity index (χ0) is 17.5. The van der Waals surface area contributed by atoms with Crippen LogP contribution in [0.25, 0.3) is 17.2 Å². The molecule has 2 aliphatic rings. The van der Waals surface area contributed by atoms with E-state index in [1.165, 1.54) is 22.3 Å². The van der Waals surface area contributed by atoms with Gasteiger partial charge < -0.3 is 9.47 Å². The van der Waals surface area contributed by atoms with Gasteiger partial charge >= 0.3 is 0 Å². The van der Waals surface area contributed by atoms with Gasteiger partial charge in [0.1, 0.15) is 0 Å². The summed E-state index contributed by atoms with van der Waals surface area (Å²) in [5.41, 5.74) is 6.62. The number of allylic oxidation sites excluding steroid dienone is 1. The van der Waals surface area contributed by atoms with Crippen molar-refractivity contribution in [1.29, 1.82) is 0 Å². The van der Waals surface area contributed by atoms with Gasteiger partial charge in [0.2, 0.25) is 6.79 Å². The Kier molecular flexibility index (Phi) is 3.39. The van der Waals surface area contributed by atoms with E-state index in [0.717, 1.165) is 17.7 Å². The van der Waals surface area contributed by atoms with Crippen LogP contribution in [0.1, 0.15) is 27.0 Å². The lowest BCUT2D eigenvalue weighted by Crippen LogP contribution is -1.95. The van der Waals surface area contributed by atoms with Crippen LogP contribution in [0.2, 0.25) is 0 Å². The lowest BCUT2D eigenvalue weighted by molar-refractivity contribution is 0.104. The molecule has 0 atom stereocenters. The first-order valence-electron chi connectivity index (χ1n) is 8.61. The Balaban J connectivity index is 1.42. The molecule has 0 bridgehead atoms. The first kappa shape index (κ1) is 15.0. The molecule has 3 nitrogen and oxygen atoms in total. The third kappa shape index (κ3) is 2.49. The molecule has 1 heterocycles. The Hall–Kier alpha value is -3.33. The van der Waals surface area contributed by atoms with Crippen LogP contribution in [0, 0.1) is 0 Å². The highest BCUT2D eigenvalue weighted by atomic mass is 16.7. The fraction of sp³-hybridized carbons (Fsp3) is 0.0870. The molecule has 0 spiro atoms. The lowest BCUT2D eigenvalue weighted by Gasteiger charge is -2.03. The number of hydrogen-bond acceptors (Lipinski definition) is 3. The van der Waals surface area contributed by atoms with Gasteiger partial charge in [-0.05, 0) is 58.5 Å². The molecular weight excluding hydrogens is 324 g/mol. The van der Waals surface area contributed by atoms with Gasteiger partial charge in [0.25, 0.3) is 0 Å². The van der Waals surface area contributed by atoms with Crippen LogP contribution in [0.3, 0.4) is 0 Å². The van der Waals surface area contributed by atoms with E-state index in [9.17, 15) is 4.79 Å². The minimum Gasteiger partial charge on any atom is -0.454 e. The van der Waals surface area contributed by atoms with E-state index in [0.29, 0.717) is 11.3 Å². The number of hydrogen-bond donors (Lipinski definition) is 0. The van der Waals surface area contributed by atoms with Crippen molar-refractivity contribution in [3.8, 4) is 22.6 Å². The molecule has 0 radical (unpaired) electrons. The standard InChI is InChI=1S/C23H16O3/c24-21(9-5-15-6-10-22-23(11-15)26-14-25-22)18-8-7-17-12-16-3-1-2-4-19(16)20(17)13-18/h1-11,13H,12,14H2. The average Bonchev–Trinajstić information content (AvgIpc) is 3.29. The number of rotatable bonds is 3. The van der Waals surface area contributed by atoms with Crippen LogP contribution >= 0.6 is 0 Å². The molecule has 0 amide bonds. The molecular formula is C23H16O3. The van der Waals surface area contributed by atoms with E-state index in [1.807, 2.05) is 42.5 Å². The van der Waals surface area contributed by atoms with Crippen LogP contribution in [0.15, 0.2) is 66.7 Å². The summed E-state index contributed by atoms with van der Waals surface area (Å²) in [6, 6.07) is 20.0. The second-order valence-electron chi connectivity index (χ2n) is 6.52. The smallest absolute Gasteiger partial charge is 0.231 e. The molecule has 0 fully saturated rings. The number of carbonyl (C=O) groups is 1. The maximum atomic E-state index is 12.6. The third-order valence-corrected chi connectivity index (χ3v) is 4.91. The number of fused-ring (bicyclic) bond motifs is 4. The van der Waals surface area contributed by atoms with Crippen molar-refractivity contribution in [3.63, 3.8) is 0 Å². The highest BCUT2D eigenvalue weighted by molar-refractivity contribution is 6.07. The Morgan fingerprint density at radius 3 is 2.65 bits per heavy atom. The molecule has 0 saturated carbocycles. The molecule has 3 aromatic carbocycles. The maximum Gasteiger partial charge on any atom is 0.231 e. The summed E-state index contributed by atoms with van der Waals surface area (Å²) in [4.78, 5) is 12.6. The van der Waals surface area contributed by atoms with Gasteiger partial charge in [0.15, 0.2) is 17.3 Å². The fourth-order valence-electron chi connectivity index (χ4n) is 3.56. The van der Waals surface area contributed by atoms with Crippen molar-refractivity contribution >= 4 is 11.9 Å². The second-order valence-corrected chi connectivity index (χ2v) is 6.52. The minimum absolute atomic E-state index is 0.00477. The zero-order valence-electron chi connectivity index (χ0n) is 14.1. The van der Waals surface area contributed by atoms with Crippen LogP contribution < -0.4 is 9.47 Å². The molecule has 0 unspecified atom stereocenters. The van der Waals surface area contributed by atoms with Crippen LogP contribution in [0.4, 0.5) is 0 Å². The predicted octanol–water partition coefficient (Wildman–Crippen LogP) is 4.88. The summed E-state index contributed by atoms with van der Waals surface area (Å²) in [5, 5.41) is 0. The Labute approximate surface area is 151 Å². The summed E-state index contributed by atoms with van der Waals surface area (Å²) in [6.07, 6.45) is 4.36. The van der Waals surface area contributed by atoms with Gasteiger partial charge in [-0.3, -0.25) is 4.79 Å². The second kappa shape index (κ2) is 5.88. The molecule has 0 aromatic heterocycles. The highest BCUT2D eigenvalue weighted by Crippen LogP contribution is 2.37. The summed E-state index contributed by atoms with van der Waals surface area (Å²) in [7, 11) is 0. The average molecular weight is 340 g/mol. The number of ether oxygens (including phenoxy) is 2. The fourth-order valence-corrected chi connectivity index (χ4v) is 3.56. The zero-order valence-corrected chi connectivity index (χ0v) is 14.1. The van der Waals surface area contributed by atoms with Crippen LogP contribution in [-0.4, -0.2) is 12.6 Å². The van der Waals surface area contributed by atoms with E-state index in [-0.39, 0.29) is 12.6 Å². The molecule has 0 N–H and O–H groups in total. The van der Waals surface area contributed by atoms with Crippen molar-refractivity contribution in [3.05, 3.63) is 89.0 Å². The third-order valence-electron chi connectivity index (χ3n) is 4.91. The summed E-state index contributed by atoms with van der Waals surface area (Å²) < 4.78 is 10.7. The van der Waals surface area contributed by atoms with E-state index < -0.39 is 0 Å². The molecule has 26 heavy (non-hydrogen) atoms. The van der Waals surface area contributed by atoms with E-state index in [1.54, 1.807) is 6.08 Å². The molecule has 1 aliphatic carbocycles. The van der Waals surface area contributed by atoms with E-state index >= 15 is 0 Å². The summed E-state index contributed by atoms with van der Waals surface area (Å²) in [5.74, 6) is 1.45. The summed E-state index contributed by atoms with van der Waals surface area (Å²) >= 11 is 0. The SMILES string of the molecule is O=C(C=Cc1ccc2c(c1)OCO2)c1ccc2c(c1)-c1ccccc1C2. The Morgan fingerprint density at radius 1 is 0.846 bits per heavy atom. The van der Waals surface area contributed by atoms with Gasteiger partial charge in [0.05, 0.1) is 0 Å². The summed E-state index contributed by atoms with van der Waals surface area (Å²) in [6.45, 7) is 0.248. The first-order valence-corrected chi connectivity index (χ1v) is 8.61. The molecule has 3 heteroatoms. The van der Waals surface area contributed by atoms with Crippen LogP contribution in [-0.2, 0) is 6.42 Å². The Morgan fingerprint density at radius 2 is 1.69 bits per heavy atom. The number of ketones is 1. The van der Waals surface area contributed by atoms with Gasteiger partial charge in [-0.15, -0.1) is 0 Å². The van der Waals surface area contributed by atoms with Crippen molar-refractivity contribution in [2.24, 2.45) is 0 Å². The predicted molar refractivity (Wildman–Crippen MR) is 101 cm³/mol. The normalized spacial score (nSPS) is 13.7. The first-order chi connectivity index (χ1) is 12.8. The molecule has 1 aliphatic heterocycles. The quantitative estimate of drug-likeness (QED) is 0.394. The van der Waals surface area contributed by atoms with Crippen LogP contribution in [0.5, 0.6) is 11.5 Å². The molecule has 126 valence electrons. The van der Waals surface area contributed by atoms with Crippen molar-refractivity contribution in [2.75, 3.05) is 6.79 Å². The lowest BCUT2D eigenvalue weighted by atomic mass is 10.0. The molecule has 0 saturated heterocycles. The largest absolute Gasteiger partial charge is 0.454 e. The monoisotopic (exact) mass is 340 g/mol. The number of benzene rings is 3. The van der Waals surface area contributed by atoms with Gasteiger partial charge in [-0.2, -0.15) is 0 Å². The van der Waals surface area contributed by atoms with E-state index in [2.05, 4.69) is 24.3 Å². The van der Waals surface area contributed by atoms with E-state index in [4.69, 9.17) is 9.47 Å². The topological polar surface area (TPSA) is 35.5 Å². The van der Waals surface area contributed by atoms with Gasteiger partial charge in [-0.25, -0.2) is 0 Å².